The van der Waals surface area contributed by atoms with Gasteiger partial charge in [0.25, 0.3) is 5.89 Å². The highest BCUT2D eigenvalue weighted by molar-refractivity contribution is 6.30. The van der Waals surface area contributed by atoms with E-state index < -0.39 is 6.04 Å². The number of carbonyl (C=O) groups is 1. The van der Waals surface area contributed by atoms with Crippen LogP contribution in [0.1, 0.15) is 42.5 Å². The van der Waals surface area contributed by atoms with Crippen LogP contribution < -0.4 is 5.32 Å². The van der Waals surface area contributed by atoms with Gasteiger partial charge < -0.3 is 9.84 Å². The van der Waals surface area contributed by atoms with Crippen LogP contribution in [-0.4, -0.2) is 21.1 Å². The molecule has 3 aromatic carbocycles. The lowest BCUT2D eigenvalue weighted by atomic mass is 9.94. The quantitative estimate of drug-likeness (QED) is 0.332. The fourth-order valence-corrected chi connectivity index (χ4v) is 4.38. The number of halogens is 1. The molecular formula is C28H25ClN4O2. The first-order chi connectivity index (χ1) is 17.0. The number of aromatic nitrogens is 2. The van der Waals surface area contributed by atoms with E-state index in [0.29, 0.717) is 23.3 Å². The number of aryl methyl sites for hydroxylation is 1. The second kappa shape index (κ2) is 9.76. The molecule has 1 aliphatic rings. The van der Waals surface area contributed by atoms with Crippen LogP contribution in [-0.2, 0) is 13.0 Å². The fourth-order valence-electron chi connectivity index (χ4n) is 4.26. The van der Waals surface area contributed by atoms with Gasteiger partial charge in [0, 0.05) is 16.3 Å². The normalized spacial score (nSPS) is 15.9. The lowest BCUT2D eigenvalue weighted by molar-refractivity contribution is 0.203. The Kier molecular flexibility index (Phi) is 6.38. The van der Waals surface area contributed by atoms with Crippen LogP contribution in [0.4, 0.5) is 4.79 Å². The average molecular weight is 485 g/mol. The van der Waals surface area contributed by atoms with Gasteiger partial charge in [-0.25, -0.2) is 4.79 Å². The van der Waals surface area contributed by atoms with Crippen molar-refractivity contribution < 1.29 is 9.32 Å². The molecule has 2 heterocycles. The van der Waals surface area contributed by atoms with Gasteiger partial charge in [0.2, 0.25) is 5.82 Å². The summed E-state index contributed by atoms with van der Waals surface area (Å²) in [4.78, 5) is 19.6. The van der Waals surface area contributed by atoms with Gasteiger partial charge in [-0.15, -0.1) is 0 Å². The molecule has 2 amide bonds. The summed E-state index contributed by atoms with van der Waals surface area (Å²) >= 11 is 6.04. The lowest BCUT2D eigenvalue weighted by Gasteiger charge is -2.35. The Morgan fingerprint density at radius 3 is 2.34 bits per heavy atom. The van der Waals surface area contributed by atoms with Gasteiger partial charge in [-0.1, -0.05) is 90.4 Å². The fraction of sp³-hybridized carbons (Fsp3) is 0.179. The molecule has 0 spiro atoms. The Morgan fingerprint density at radius 2 is 1.66 bits per heavy atom. The molecule has 6 nitrogen and oxygen atoms in total. The molecule has 0 saturated carbocycles. The minimum absolute atomic E-state index is 0.190. The molecule has 35 heavy (non-hydrogen) atoms. The summed E-state index contributed by atoms with van der Waals surface area (Å²) in [6.07, 6.45) is 0.964. The van der Waals surface area contributed by atoms with E-state index in [2.05, 4.69) is 29.5 Å². The van der Waals surface area contributed by atoms with Crippen molar-refractivity contribution in [1.82, 2.24) is 20.4 Å². The first-order valence-electron chi connectivity index (χ1n) is 11.5. The van der Waals surface area contributed by atoms with Crippen LogP contribution in [0, 0.1) is 0 Å². The third-order valence-electron chi connectivity index (χ3n) is 6.26. The SMILES string of the molecule is CCc1ccc(-c2noc(C3=C(C)N(Cc4ccc(Cl)cc4)C(=O)NC3c3ccccc3)n2)cc1. The number of rotatable bonds is 6. The van der Waals surface area contributed by atoms with Crippen molar-refractivity contribution in [3.63, 3.8) is 0 Å². The molecular weight excluding hydrogens is 460 g/mol. The number of benzene rings is 3. The van der Waals surface area contributed by atoms with Crippen LogP contribution >= 0.6 is 11.6 Å². The zero-order valence-electron chi connectivity index (χ0n) is 19.5. The molecule has 0 bridgehead atoms. The van der Waals surface area contributed by atoms with Crippen LogP contribution in [0.3, 0.4) is 0 Å². The predicted molar refractivity (Wildman–Crippen MR) is 136 cm³/mol. The largest absolute Gasteiger partial charge is 0.334 e. The number of nitrogens with zero attached hydrogens (tertiary/aromatic N) is 3. The van der Waals surface area contributed by atoms with Gasteiger partial charge in [-0.05, 0) is 42.2 Å². The molecule has 0 saturated heterocycles. The molecule has 1 aromatic heterocycles. The van der Waals surface area contributed by atoms with E-state index in [-0.39, 0.29) is 6.03 Å². The maximum absolute atomic E-state index is 13.2. The summed E-state index contributed by atoms with van der Waals surface area (Å²) in [5.74, 6) is 0.892. The van der Waals surface area contributed by atoms with E-state index >= 15 is 0 Å². The minimum atomic E-state index is -0.416. The summed E-state index contributed by atoms with van der Waals surface area (Å²) in [6, 6.07) is 24.8. The van der Waals surface area contributed by atoms with Gasteiger partial charge in [-0.3, -0.25) is 4.90 Å². The molecule has 5 rings (SSSR count). The summed E-state index contributed by atoms with van der Waals surface area (Å²) in [5.41, 5.74) is 5.55. The van der Waals surface area contributed by atoms with Gasteiger partial charge in [0.1, 0.15) is 0 Å². The Balaban J connectivity index is 1.56. The van der Waals surface area contributed by atoms with Crippen LogP contribution in [0.25, 0.3) is 17.0 Å². The van der Waals surface area contributed by atoms with Crippen molar-refractivity contribution in [1.29, 1.82) is 0 Å². The molecule has 1 aliphatic heterocycles. The Bertz CT molecular complexity index is 1360. The van der Waals surface area contributed by atoms with Crippen molar-refractivity contribution in [2.24, 2.45) is 0 Å². The monoisotopic (exact) mass is 484 g/mol. The second-order valence-corrected chi connectivity index (χ2v) is 8.91. The molecule has 1 N–H and O–H groups in total. The molecule has 4 aromatic rings. The van der Waals surface area contributed by atoms with E-state index in [9.17, 15) is 4.79 Å². The molecule has 0 radical (unpaired) electrons. The van der Waals surface area contributed by atoms with E-state index in [0.717, 1.165) is 34.4 Å². The number of nitrogens with one attached hydrogen (secondary N) is 1. The molecule has 0 aliphatic carbocycles. The number of carbonyl (C=O) groups excluding carboxylic acids is 1. The highest BCUT2D eigenvalue weighted by atomic mass is 35.5. The number of urea groups is 1. The molecule has 176 valence electrons. The number of hydrogen-bond donors (Lipinski definition) is 1. The van der Waals surface area contributed by atoms with Crippen molar-refractivity contribution >= 4 is 23.2 Å². The highest BCUT2D eigenvalue weighted by Crippen LogP contribution is 2.37. The first kappa shape index (κ1) is 22.9. The number of amides is 2. The van der Waals surface area contributed by atoms with E-state index in [1.807, 2.05) is 73.7 Å². The van der Waals surface area contributed by atoms with Crippen molar-refractivity contribution in [3.8, 4) is 11.4 Å². The summed E-state index contributed by atoms with van der Waals surface area (Å²) in [6.45, 7) is 4.42. The first-order valence-corrected chi connectivity index (χ1v) is 11.9. The number of hydrogen-bond acceptors (Lipinski definition) is 4. The van der Waals surface area contributed by atoms with E-state index in [4.69, 9.17) is 21.1 Å². The van der Waals surface area contributed by atoms with Crippen LogP contribution in [0.2, 0.25) is 5.02 Å². The Hall–Kier alpha value is -3.90. The van der Waals surface area contributed by atoms with Gasteiger partial charge in [0.15, 0.2) is 0 Å². The molecule has 1 unspecified atom stereocenters. The van der Waals surface area contributed by atoms with Crippen molar-refractivity contribution in [3.05, 3.63) is 112 Å². The minimum Gasteiger partial charge on any atom is -0.334 e. The van der Waals surface area contributed by atoms with Crippen LogP contribution in [0.15, 0.2) is 89.1 Å². The molecule has 1 atom stereocenters. The zero-order chi connectivity index (χ0) is 24.4. The molecule has 0 fully saturated rings. The zero-order valence-corrected chi connectivity index (χ0v) is 20.3. The van der Waals surface area contributed by atoms with Crippen LogP contribution in [0.5, 0.6) is 0 Å². The Morgan fingerprint density at radius 1 is 0.971 bits per heavy atom. The average Bonchev–Trinajstić information content (AvgIpc) is 3.37. The smallest absolute Gasteiger partial charge is 0.322 e. The van der Waals surface area contributed by atoms with Gasteiger partial charge >= 0.3 is 6.03 Å². The standard InChI is InChI=1S/C28H25ClN4O2/c1-3-19-9-13-22(14-10-19)26-31-27(35-32-26)24-18(2)33(17-20-11-15-23(29)16-12-20)28(34)30-25(24)21-7-5-4-6-8-21/h4-16,25H,3,17H2,1-2H3,(H,30,34). The van der Waals surface area contributed by atoms with Crippen molar-refractivity contribution in [2.45, 2.75) is 32.9 Å². The number of allylic oxidation sites excluding steroid dienone is 1. The maximum atomic E-state index is 13.2. The topological polar surface area (TPSA) is 71.3 Å². The summed E-state index contributed by atoms with van der Waals surface area (Å²) < 4.78 is 5.77. The summed E-state index contributed by atoms with van der Waals surface area (Å²) in [5, 5.41) is 8.04. The van der Waals surface area contributed by atoms with E-state index in [1.165, 1.54) is 5.56 Å². The highest BCUT2D eigenvalue weighted by Gasteiger charge is 2.35. The third-order valence-corrected chi connectivity index (χ3v) is 6.51. The predicted octanol–water partition coefficient (Wildman–Crippen LogP) is 6.65. The Labute approximate surface area is 209 Å². The molecule has 7 heteroatoms. The lowest BCUT2D eigenvalue weighted by Crippen LogP contribution is -2.45. The second-order valence-electron chi connectivity index (χ2n) is 8.48. The third kappa shape index (κ3) is 4.70. The maximum Gasteiger partial charge on any atom is 0.322 e. The van der Waals surface area contributed by atoms with Crippen molar-refractivity contribution in [2.75, 3.05) is 0 Å². The van der Waals surface area contributed by atoms with Gasteiger partial charge in [-0.2, -0.15) is 4.98 Å². The van der Waals surface area contributed by atoms with E-state index in [1.54, 1.807) is 4.90 Å². The summed E-state index contributed by atoms with van der Waals surface area (Å²) in [7, 11) is 0. The van der Waals surface area contributed by atoms with Gasteiger partial charge in [0.05, 0.1) is 18.2 Å².